The average Bonchev–Trinajstić information content (AvgIpc) is 3.27. The summed E-state index contributed by atoms with van der Waals surface area (Å²) >= 11 is 1.45. The first-order valence-corrected chi connectivity index (χ1v) is 14.0. The highest BCUT2D eigenvalue weighted by atomic mass is 32.2. The van der Waals surface area contributed by atoms with Gasteiger partial charge in [-0.15, -0.1) is 0 Å². The molecule has 0 saturated heterocycles. The average molecular weight is 564 g/mol. The smallest absolute Gasteiger partial charge is 0.326 e. The van der Waals surface area contributed by atoms with Crippen molar-refractivity contribution in [2.75, 3.05) is 12.0 Å². The number of H-pyrrole nitrogens is 1. The number of hydrogen-bond acceptors (Lipinski definition) is 7. The van der Waals surface area contributed by atoms with E-state index in [9.17, 15) is 29.1 Å². The van der Waals surface area contributed by atoms with Gasteiger partial charge in [-0.2, -0.15) is 11.8 Å². The van der Waals surface area contributed by atoms with Crippen LogP contribution in [0, 0.1) is 5.92 Å². The minimum absolute atomic E-state index is 0.0106. The summed E-state index contributed by atoms with van der Waals surface area (Å²) in [6.07, 6.45) is 3.38. The molecule has 12 nitrogen and oxygen atoms in total. The number of carbonyl (C=O) groups excluding carboxylic acids is 3. The molecule has 8 N–H and O–H groups in total. The van der Waals surface area contributed by atoms with Crippen LogP contribution in [0.5, 0.6) is 0 Å². The molecular formula is C26H37N5O7S. The maximum atomic E-state index is 13.5. The molecule has 4 unspecified atom stereocenters. The topological polar surface area (TPSA) is 204 Å². The minimum Gasteiger partial charge on any atom is -0.481 e. The van der Waals surface area contributed by atoms with Gasteiger partial charge in [0, 0.05) is 23.5 Å². The Bertz CT molecular complexity index is 1170. The maximum absolute atomic E-state index is 13.5. The van der Waals surface area contributed by atoms with Gasteiger partial charge in [0.25, 0.3) is 0 Å². The number of carboxylic acid groups (broad SMARTS) is 2. The summed E-state index contributed by atoms with van der Waals surface area (Å²) in [7, 11) is 0. The summed E-state index contributed by atoms with van der Waals surface area (Å²) in [5.41, 5.74) is 7.25. The van der Waals surface area contributed by atoms with Crippen LogP contribution >= 0.6 is 11.8 Å². The Morgan fingerprint density at radius 2 is 1.56 bits per heavy atom. The Morgan fingerprint density at radius 3 is 2.18 bits per heavy atom. The number of rotatable bonds is 16. The van der Waals surface area contributed by atoms with E-state index in [1.165, 1.54) is 11.8 Å². The highest BCUT2D eigenvalue weighted by Crippen LogP contribution is 2.19. The lowest BCUT2D eigenvalue weighted by Gasteiger charge is -2.25. The van der Waals surface area contributed by atoms with Crippen molar-refractivity contribution >= 4 is 52.3 Å². The van der Waals surface area contributed by atoms with E-state index in [-0.39, 0.29) is 25.2 Å². The van der Waals surface area contributed by atoms with Crippen LogP contribution in [-0.2, 0) is 30.4 Å². The van der Waals surface area contributed by atoms with Crippen molar-refractivity contribution in [3.05, 3.63) is 36.0 Å². The molecule has 0 spiro atoms. The zero-order valence-corrected chi connectivity index (χ0v) is 23.0. The molecule has 0 bridgehead atoms. The molecule has 1 aromatic carbocycles. The fourth-order valence-electron chi connectivity index (χ4n) is 4.03. The Balaban J connectivity index is 2.29. The Morgan fingerprint density at radius 1 is 0.949 bits per heavy atom. The Labute approximate surface area is 230 Å². The monoisotopic (exact) mass is 563 g/mol. The van der Waals surface area contributed by atoms with Gasteiger partial charge in [-0.05, 0) is 42.4 Å². The van der Waals surface area contributed by atoms with E-state index in [1.54, 1.807) is 6.20 Å². The van der Waals surface area contributed by atoms with E-state index in [4.69, 9.17) is 10.8 Å². The van der Waals surface area contributed by atoms with Crippen LogP contribution in [0.15, 0.2) is 30.5 Å². The first-order chi connectivity index (χ1) is 18.4. The second-order valence-electron chi connectivity index (χ2n) is 9.70. The molecule has 2 rings (SSSR count). The van der Waals surface area contributed by atoms with Gasteiger partial charge in [-0.1, -0.05) is 32.0 Å². The quantitative estimate of drug-likeness (QED) is 0.154. The van der Waals surface area contributed by atoms with Crippen LogP contribution in [-0.4, -0.2) is 81.0 Å². The van der Waals surface area contributed by atoms with Gasteiger partial charge >= 0.3 is 11.9 Å². The number of benzene rings is 1. The maximum Gasteiger partial charge on any atom is 0.326 e. The van der Waals surface area contributed by atoms with Gasteiger partial charge in [0.05, 0.1) is 12.5 Å². The third-order valence-electron chi connectivity index (χ3n) is 6.03. The van der Waals surface area contributed by atoms with Gasteiger partial charge in [-0.3, -0.25) is 19.2 Å². The molecule has 1 aromatic heterocycles. The SMILES string of the molecule is CSCCC(NC(=O)C(Cc1c[nH]c2ccccc12)NC(=O)C(N)CC(=O)O)C(=O)NC(CC(C)C)C(=O)O. The van der Waals surface area contributed by atoms with Crippen molar-refractivity contribution in [3.63, 3.8) is 0 Å². The number of thioether (sulfide) groups is 1. The van der Waals surface area contributed by atoms with E-state index in [1.807, 2.05) is 44.4 Å². The molecule has 0 aliphatic heterocycles. The predicted octanol–water partition coefficient (Wildman–Crippen LogP) is 0.851. The molecule has 1 heterocycles. The molecule has 39 heavy (non-hydrogen) atoms. The van der Waals surface area contributed by atoms with Crippen LogP contribution in [0.4, 0.5) is 0 Å². The number of nitrogens with one attached hydrogen (secondary N) is 4. The molecule has 4 atom stereocenters. The number of carbonyl (C=O) groups is 5. The second kappa shape index (κ2) is 15.1. The van der Waals surface area contributed by atoms with Crippen LogP contribution in [0.25, 0.3) is 10.9 Å². The zero-order chi connectivity index (χ0) is 29.1. The number of aromatic amines is 1. The summed E-state index contributed by atoms with van der Waals surface area (Å²) in [4.78, 5) is 65.0. The molecule has 0 aliphatic rings. The summed E-state index contributed by atoms with van der Waals surface area (Å²) < 4.78 is 0. The molecule has 0 fully saturated rings. The van der Waals surface area contributed by atoms with Crippen LogP contribution in [0.1, 0.15) is 38.7 Å². The number of para-hydroxylation sites is 1. The number of aliphatic carboxylic acids is 2. The Kier molecular flexibility index (Phi) is 12.3. The molecule has 2 aromatic rings. The number of amides is 3. The standard InChI is InChI=1S/C26H37N5O7S/c1-14(2)10-21(26(37)38)31-24(35)19(8-9-39-3)29-25(36)20(30-23(34)17(27)12-22(32)33)11-15-13-28-18-7-5-4-6-16(15)18/h4-7,13-14,17,19-21,28H,8-12,27H2,1-3H3,(H,29,36)(H,30,34)(H,31,35)(H,32,33)(H,37,38). The first-order valence-electron chi connectivity index (χ1n) is 12.6. The predicted molar refractivity (Wildman–Crippen MR) is 148 cm³/mol. The van der Waals surface area contributed by atoms with Gasteiger partial charge in [0.2, 0.25) is 17.7 Å². The van der Waals surface area contributed by atoms with E-state index < -0.39 is 60.2 Å². The largest absolute Gasteiger partial charge is 0.481 e. The van der Waals surface area contributed by atoms with E-state index in [0.29, 0.717) is 11.3 Å². The lowest BCUT2D eigenvalue weighted by atomic mass is 10.0. The number of carboxylic acids is 2. The fraction of sp³-hybridized carbons (Fsp3) is 0.500. The van der Waals surface area contributed by atoms with Crippen molar-refractivity contribution in [3.8, 4) is 0 Å². The Hall–Kier alpha value is -3.58. The molecule has 3 amide bonds. The molecule has 214 valence electrons. The third-order valence-corrected chi connectivity index (χ3v) is 6.67. The highest BCUT2D eigenvalue weighted by molar-refractivity contribution is 7.98. The van der Waals surface area contributed by atoms with Crippen molar-refractivity contribution in [1.82, 2.24) is 20.9 Å². The van der Waals surface area contributed by atoms with Crippen LogP contribution < -0.4 is 21.7 Å². The molecule has 0 aliphatic carbocycles. The molecular weight excluding hydrogens is 526 g/mol. The minimum atomic E-state index is -1.39. The first kappa shape index (κ1) is 31.6. The van der Waals surface area contributed by atoms with E-state index >= 15 is 0 Å². The molecule has 0 saturated carbocycles. The van der Waals surface area contributed by atoms with Crippen molar-refractivity contribution in [2.24, 2.45) is 11.7 Å². The second-order valence-corrected chi connectivity index (χ2v) is 10.7. The lowest BCUT2D eigenvalue weighted by Crippen LogP contribution is -2.58. The van der Waals surface area contributed by atoms with Crippen molar-refractivity contribution in [1.29, 1.82) is 0 Å². The van der Waals surface area contributed by atoms with E-state index in [2.05, 4.69) is 20.9 Å². The van der Waals surface area contributed by atoms with Gasteiger partial charge in [0.15, 0.2) is 0 Å². The van der Waals surface area contributed by atoms with Crippen molar-refractivity contribution < 1.29 is 34.2 Å². The number of hydrogen-bond donors (Lipinski definition) is 7. The zero-order valence-electron chi connectivity index (χ0n) is 22.2. The lowest BCUT2D eigenvalue weighted by molar-refractivity contribution is -0.142. The summed E-state index contributed by atoms with van der Waals surface area (Å²) in [5, 5.41) is 27.1. The van der Waals surface area contributed by atoms with Gasteiger partial charge < -0.3 is 36.9 Å². The number of aromatic nitrogens is 1. The van der Waals surface area contributed by atoms with Crippen LogP contribution in [0.3, 0.4) is 0 Å². The third kappa shape index (κ3) is 9.91. The van der Waals surface area contributed by atoms with E-state index in [0.717, 1.165) is 10.9 Å². The summed E-state index contributed by atoms with van der Waals surface area (Å²) in [5.74, 6) is -4.09. The molecule has 13 heteroatoms. The fourth-order valence-corrected chi connectivity index (χ4v) is 4.50. The number of fused-ring (bicyclic) bond motifs is 1. The number of nitrogens with two attached hydrogens (primary N) is 1. The normalized spacial score (nSPS) is 14.3. The molecule has 0 radical (unpaired) electrons. The van der Waals surface area contributed by atoms with Gasteiger partial charge in [0.1, 0.15) is 18.1 Å². The summed E-state index contributed by atoms with van der Waals surface area (Å²) in [6, 6.07) is 2.62. The summed E-state index contributed by atoms with van der Waals surface area (Å²) in [6.45, 7) is 3.67. The van der Waals surface area contributed by atoms with Crippen molar-refractivity contribution in [2.45, 2.75) is 63.7 Å². The van der Waals surface area contributed by atoms with Gasteiger partial charge in [-0.25, -0.2) is 4.79 Å². The highest BCUT2D eigenvalue weighted by Gasteiger charge is 2.31. The van der Waals surface area contributed by atoms with Crippen LogP contribution in [0.2, 0.25) is 0 Å².